The van der Waals surface area contributed by atoms with E-state index in [2.05, 4.69) is 15.5 Å². The number of carbonyl (C=O) groups excluding carboxylic acids is 2. The van der Waals surface area contributed by atoms with E-state index in [9.17, 15) is 9.59 Å². The van der Waals surface area contributed by atoms with E-state index in [1.54, 1.807) is 44.4 Å². The molecule has 1 heterocycles. The van der Waals surface area contributed by atoms with Crippen LogP contribution in [0.25, 0.3) is 11.5 Å². The zero-order valence-corrected chi connectivity index (χ0v) is 16.0. The summed E-state index contributed by atoms with van der Waals surface area (Å²) in [6.45, 7) is 1.73. The van der Waals surface area contributed by atoms with Gasteiger partial charge in [0, 0.05) is 11.3 Å². The number of amides is 2. The van der Waals surface area contributed by atoms with Crippen molar-refractivity contribution in [3.05, 3.63) is 54.1 Å². The van der Waals surface area contributed by atoms with Crippen molar-refractivity contribution < 1.29 is 18.7 Å². The molecule has 3 aromatic rings. The van der Waals surface area contributed by atoms with E-state index in [4.69, 9.17) is 14.9 Å². The van der Waals surface area contributed by atoms with Crippen molar-refractivity contribution in [2.45, 2.75) is 17.4 Å². The molecule has 0 aliphatic carbocycles. The lowest BCUT2D eigenvalue weighted by Gasteiger charge is -2.10. The van der Waals surface area contributed by atoms with Crippen LogP contribution in [-0.4, -0.2) is 34.4 Å². The molecule has 0 unspecified atom stereocenters. The van der Waals surface area contributed by atoms with Crippen LogP contribution in [0.1, 0.15) is 17.3 Å². The van der Waals surface area contributed by atoms with Crippen molar-refractivity contribution in [3.8, 4) is 17.2 Å². The van der Waals surface area contributed by atoms with E-state index >= 15 is 0 Å². The maximum Gasteiger partial charge on any atom is 0.277 e. The van der Waals surface area contributed by atoms with Gasteiger partial charge in [-0.15, -0.1) is 10.2 Å². The number of methoxy groups -OCH3 is 1. The number of nitrogens with one attached hydrogen (secondary N) is 1. The number of para-hydroxylation sites is 1. The molecule has 0 bridgehead atoms. The van der Waals surface area contributed by atoms with Gasteiger partial charge in [-0.05, 0) is 43.3 Å². The van der Waals surface area contributed by atoms with Gasteiger partial charge in [-0.2, -0.15) is 0 Å². The van der Waals surface area contributed by atoms with Gasteiger partial charge < -0.3 is 20.2 Å². The fraction of sp³-hybridized carbons (Fsp3) is 0.158. The second-order valence-corrected chi connectivity index (χ2v) is 7.06. The average Bonchev–Trinajstić information content (AvgIpc) is 3.16. The third-order valence-corrected chi connectivity index (χ3v) is 4.76. The van der Waals surface area contributed by atoms with Gasteiger partial charge in [-0.1, -0.05) is 23.9 Å². The molecular weight excluding hydrogens is 380 g/mol. The highest BCUT2D eigenvalue weighted by Crippen LogP contribution is 2.31. The van der Waals surface area contributed by atoms with Gasteiger partial charge >= 0.3 is 0 Å². The minimum atomic E-state index is -0.524. The van der Waals surface area contributed by atoms with Crippen molar-refractivity contribution in [1.82, 2.24) is 10.2 Å². The van der Waals surface area contributed by atoms with Crippen molar-refractivity contribution in [2.75, 3.05) is 12.4 Å². The summed E-state index contributed by atoms with van der Waals surface area (Å²) in [4.78, 5) is 23.5. The van der Waals surface area contributed by atoms with Gasteiger partial charge in [0.2, 0.25) is 11.8 Å². The van der Waals surface area contributed by atoms with E-state index in [0.29, 0.717) is 28.5 Å². The third-order valence-electron chi connectivity index (χ3n) is 3.83. The van der Waals surface area contributed by atoms with Gasteiger partial charge in [-0.3, -0.25) is 9.59 Å². The number of rotatable bonds is 7. The Balaban J connectivity index is 1.64. The highest BCUT2D eigenvalue weighted by Gasteiger charge is 2.20. The molecule has 9 heteroatoms. The molecular formula is C19H18N4O4S. The van der Waals surface area contributed by atoms with E-state index in [1.807, 2.05) is 18.2 Å². The molecule has 8 nitrogen and oxygen atoms in total. The van der Waals surface area contributed by atoms with Crippen LogP contribution in [0.2, 0.25) is 0 Å². The first-order valence-corrected chi connectivity index (χ1v) is 9.20. The lowest BCUT2D eigenvalue weighted by Crippen LogP contribution is -2.22. The summed E-state index contributed by atoms with van der Waals surface area (Å²) >= 11 is 1.14. The van der Waals surface area contributed by atoms with Gasteiger partial charge in [0.15, 0.2) is 0 Å². The normalized spacial score (nSPS) is 11.6. The number of aromatic nitrogens is 2. The van der Waals surface area contributed by atoms with Crippen molar-refractivity contribution in [3.63, 3.8) is 0 Å². The van der Waals surface area contributed by atoms with Crippen LogP contribution in [0.4, 0.5) is 5.69 Å². The van der Waals surface area contributed by atoms with Crippen LogP contribution < -0.4 is 15.8 Å². The molecule has 0 saturated carbocycles. The summed E-state index contributed by atoms with van der Waals surface area (Å²) < 4.78 is 10.9. The van der Waals surface area contributed by atoms with Crippen LogP contribution in [0.3, 0.4) is 0 Å². The highest BCUT2D eigenvalue weighted by molar-refractivity contribution is 8.00. The molecule has 0 aliphatic heterocycles. The predicted molar refractivity (Wildman–Crippen MR) is 105 cm³/mol. The van der Waals surface area contributed by atoms with Crippen LogP contribution in [0.5, 0.6) is 5.75 Å². The highest BCUT2D eigenvalue weighted by atomic mass is 32.2. The Morgan fingerprint density at radius 2 is 1.86 bits per heavy atom. The fourth-order valence-corrected chi connectivity index (χ4v) is 3.04. The summed E-state index contributed by atoms with van der Waals surface area (Å²) in [7, 11) is 1.56. The Morgan fingerprint density at radius 3 is 2.54 bits per heavy atom. The second-order valence-electron chi connectivity index (χ2n) is 5.76. The number of primary amides is 1. The monoisotopic (exact) mass is 398 g/mol. The lowest BCUT2D eigenvalue weighted by atomic mass is 10.2. The largest absolute Gasteiger partial charge is 0.496 e. The molecule has 0 aliphatic rings. The number of benzene rings is 2. The van der Waals surface area contributed by atoms with Crippen LogP contribution in [0, 0.1) is 0 Å². The van der Waals surface area contributed by atoms with Crippen molar-refractivity contribution in [1.29, 1.82) is 0 Å². The molecule has 1 atom stereocenters. The van der Waals surface area contributed by atoms with Crippen molar-refractivity contribution >= 4 is 29.3 Å². The predicted octanol–water partition coefficient (Wildman–Crippen LogP) is 2.96. The quantitative estimate of drug-likeness (QED) is 0.587. The Bertz CT molecular complexity index is 988. The molecule has 3 N–H and O–H groups in total. The van der Waals surface area contributed by atoms with E-state index in [1.165, 1.54) is 0 Å². The molecule has 2 aromatic carbocycles. The summed E-state index contributed by atoms with van der Waals surface area (Å²) in [5, 5.41) is 10.6. The Morgan fingerprint density at radius 1 is 1.14 bits per heavy atom. The minimum Gasteiger partial charge on any atom is -0.496 e. The van der Waals surface area contributed by atoms with Crippen molar-refractivity contribution in [2.24, 2.45) is 5.73 Å². The molecule has 2 amide bonds. The van der Waals surface area contributed by atoms with E-state index in [-0.39, 0.29) is 11.1 Å². The summed E-state index contributed by atoms with van der Waals surface area (Å²) in [6.07, 6.45) is 0. The van der Waals surface area contributed by atoms with Crippen LogP contribution in [0.15, 0.2) is 58.2 Å². The van der Waals surface area contributed by atoms with Crippen LogP contribution in [-0.2, 0) is 4.79 Å². The molecule has 0 spiro atoms. The molecule has 0 fully saturated rings. The Labute approximate surface area is 165 Å². The average molecular weight is 398 g/mol. The van der Waals surface area contributed by atoms with Gasteiger partial charge in [0.25, 0.3) is 11.1 Å². The lowest BCUT2D eigenvalue weighted by molar-refractivity contribution is -0.115. The molecule has 3 rings (SSSR count). The number of ether oxygens (including phenoxy) is 1. The van der Waals surface area contributed by atoms with E-state index < -0.39 is 11.2 Å². The number of nitrogens with two attached hydrogens (primary N) is 1. The smallest absolute Gasteiger partial charge is 0.277 e. The molecule has 28 heavy (non-hydrogen) atoms. The van der Waals surface area contributed by atoms with Gasteiger partial charge in [0.05, 0.1) is 17.9 Å². The van der Waals surface area contributed by atoms with Crippen LogP contribution >= 0.6 is 11.8 Å². The van der Waals surface area contributed by atoms with Gasteiger partial charge in [-0.25, -0.2) is 0 Å². The number of nitrogens with zero attached hydrogens (tertiary/aromatic N) is 2. The standard InChI is InChI=1S/C19H18N4O4S/c1-11(17(25)21-13-9-7-12(8-10-13)16(20)24)28-19-23-22-18(27-19)14-5-3-4-6-15(14)26-2/h3-11H,1-2H3,(H2,20,24)(H,21,25)/t11-/m0/s1. The number of thioether (sulfide) groups is 1. The molecule has 1 aromatic heterocycles. The zero-order valence-electron chi connectivity index (χ0n) is 15.2. The zero-order chi connectivity index (χ0) is 20.1. The topological polar surface area (TPSA) is 120 Å². The minimum absolute atomic E-state index is 0.242. The summed E-state index contributed by atoms with van der Waals surface area (Å²) in [6, 6.07) is 13.6. The fourth-order valence-electron chi connectivity index (χ4n) is 2.35. The Kier molecular flexibility index (Phi) is 5.95. The summed E-state index contributed by atoms with van der Waals surface area (Å²) in [5.41, 5.74) is 6.81. The number of carbonyl (C=O) groups is 2. The maximum absolute atomic E-state index is 12.4. The van der Waals surface area contributed by atoms with Gasteiger partial charge in [0.1, 0.15) is 5.75 Å². The number of anilines is 1. The first-order valence-electron chi connectivity index (χ1n) is 8.32. The molecule has 0 saturated heterocycles. The Hall–Kier alpha value is -3.33. The van der Waals surface area contributed by atoms with E-state index in [0.717, 1.165) is 11.8 Å². The molecule has 0 radical (unpaired) electrons. The first kappa shape index (κ1) is 19.4. The second kappa shape index (κ2) is 8.57. The number of hydrogen-bond acceptors (Lipinski definition) is 7. The summed E-state index contributed by atoms with van der Waals surface area (Å²) in [5.74, 6) is 0.167. The maximum atomic E-state index is 12.4. The third kappa shape index (κ3) is 4.49. The molecule has 144 valence electrons. The SMILES string of the molecule is COc1ccccc1-c1nnc(S[C@@H](C)C(=O)Nc2ccc(C(N)=O)cc2)o1. The first-order chi connectivity index (χ1) is 13.5. The number of hydrogen-bond donors (Lipinski definition) is 2.